The van der Waals surface area contributed by atoms with Crippen LogP contribution in [0.3, 0.4) is 0 Å². The van der Waals surface area contributed by atoms with Gasteiger partial charge in [0.1, 0.15) is 5.82 Å². The summed E-state index contributed by atoms with van der Waals surface area (Å²) in [5, 5.41) is 11.8. The van der Waals surface area contributed by atoms with Crippen LogP contribution >= 0.6 is 0 Å². The van der Waals surface area contributed by atoms with E-state index in [-0.39, 0.29) is 19.1 Å². The van der Waals surface area contributed by atoms with E-state index >= 15 is 0 Å². The lowest BCUT2D eigenvalue weighted by Gasteiger charge is -2.36. The van der Waals surface area contributed by atoms with Crippen LogP contribution in [0.5, 0.6) is 0 Å². The Labute approximate surface area is 119 Å². The predicted molar refractivity (Wildman–Crippen MR) is 78.6 cm³/mol. The number of nitrogens with one attached hydrogen (secondary N) is 1. The number of anilines is 2. The fraction of sp³-hybridized carbons (Fsp3) is 0.571. The van der Waals surface area contributed by atoms with E-state index < -0.39 is 0 Å². The Balaban J connectivity index is 2.05. The van der Waals surface area contributed by atoms with Gasteiger partial charge >= 0.3 is 0 Å². The Morgan fingerprint density at radius 3 is 3.00 bits per heavy atom. The molecule has 6 nitrogen and oxygen atoms in total. The van der Waals surface area contributed by atoms with Crippen molar-refractivity contribution in [3.8, 4) is 0 Å². The molecule has 6 heteroatoms. The van der Waals surface area contributed by atoms with E-state index in [9.17, 15) is 4.79 Å². The van der Waals surface area contributed by atoms with Crippen LogP contribution < -0.4 is 16.0 Å². The zero-order chi connectivity index (χ0) is 14.4. The molecule has 1 aromatic rings. The van der Waals surface area contributed by atoms with Gasteiger partial charge in [-0.25, -0.2) is 4.98 Å². The number of carbonyl (C=O) groups is 1. The van der Waals surface area contributed by atoms with Crippen LogP contribution in [0.4, 0.5) is 11.5 Å². The molecule has 1 atom stereocenters. The summed E-state index contributed by atoms with van der Waals surface area (Å²) in [6.07, 6.45) is 5.86. The van der Waals surface area contributed by atoms with Crippen LogP contribution in [0, 0.1) is 0 Å². The summed E-state index contributed by atoms with van der Waals surface area (Å²) in [5.74, 6) is 0.671. The number of nitrogens with two attached hydrogens (primary N) is 1. The number of piperidine rings is 1. The monoisotopic (exact) mass is 278 g/mol. The van der Waals surface area contributed by atoms with Crippen LogP contribution in [0.25, 0.3) is 0 Å². The van der Waals surface area contributed by atoms with E-state index in [0.29, 0.717) is 11.7 Å². The molecule has 1 fully saturated rings. The normalized spacial score (nSPS) is 18.9. The number of hydrogen-bond acceptors (Lipinski definition) is 5. The lowest BCUT2D eigenvalue weighted by molar-refractivity contribution is -0.114. The summed E-state index contributed by atoms with van der Waals surface area (Å²) in [6.45, 7) is 1.13. The second kappa shape index (κ2) is 7.21. The number of aromatic nitrogens is 1. The van der Waals surface area contributed by atoms with Crippen molar-refractivity contribution in [3.05, 3.63) is 18.3 Å². The van der Waals surface area contributed by atoms with E-state index in [1.165, 1.54) is 6.42 Å². The number of carbonyl (C=O) groups excluding carboxylic acids is 1. The Kier molecular flexibility index (Phi) is 5.31. The first kappa shape index (κ1) is 14.7. The van der Waals surface area contributed by atoms with Gasteiger partial charge in [0.05, 0.1) is 18.4 Å². The summed E-state index contributed by atoms with van der Waals surface area (Å²) >= 11 is 0. The third-order valence-electron chi connectivity index (χ3n) is 3.60. The largest absolute Gasteiger partial charge is 0.396 e. The highest BCUT2D eigenvalue weighted by molar-refractivity contribution is 5.91. The number of rotatable bonds is 5. The van der Waals surface area contributed by atoms with E-state index in [1.54, 1.807) is 6.20 Å². The first-order chi connectivity index (χ1) is 9.74. The SMILES string of the molecule is NCC(=O)Nc1ccc(N2CCCCC2CCO)nc1. The van der Waals surface area contributed by atoms with E-state index in [1.807, 2.05) is 12.1 Å². The molecule has 1 aromatic heterocycles. The van der Waals surface area contributed by atoms with Crippen LogP contribution in [0.2, 0.25) is 0 Å². The van der Waals surface area contributed by atoms with Crippen molar-refractivity contribution in [1.29, 1.82) is 0 Å². The fourth-order valence-corrected chi connectivity index (χ4v) is 2.59. The maximum atomic E-state index is 11.2. The van der Waals surface area contributed by atoms with Gasteiger partial charge in [0.15, 0.2) is 0 Å². The van der Waals surface area contributed by atoms with Crippen LogP contribution in [-0.4, -0.2) is 41.7 Å². The van der Waals surface area contributed by atoms with Gasteiger partial charge in [-0.1, -0.05) is 0 Å². The molecule has 1 aliphatic rings. The molecule has 110 valence electrons. The number of aliphatic hydroxyl groups excluding tert-OH is 1. The first-order valence-corrected chi connectivity index (χ1v) is 7.08. The quantitative estimate of drug-likeness (QED) is 0.738. The minimum Gasteiger partial charge on any atom is -0.396 e. The molecule has 0 spiro atoms. The van der Waals surface area contributed by atoms with Crippen LogP contribution in [0.1, 0.15) is 25.7 Å². The zero-order valence-corrected chi connectivity index (χ0v) is 11.6. The van der Waals surface area contributed by atoms with E-state index in [0.717, 1.165) is 31.6 Å². The minimum atomic E-state index is -0.226. The first-order valence-electron chi connectivity index (χ1n) is 7.08. The molecule has 0 saturated carbocycles. The summed E-state index contributed by atoms with van der Waals surface area (Å²) in [7, 11) is 0. The Morgan fingerprint density at radius 2 is 2.35 bits per heavy atom. The molecule has 0 aliphatic carbocycles. The van der Waals surface area contributed by atoms with Crippen molar-refractivity contribution in [2.24, 2.45) is 5.73 Å². The van der Waals surface area contributed by atoms with Crippen molar-refractivity contribution < 1.29 is 9.90 Å². The summed E-state index contributed by atoms with van der Waals surface area (Å²) < 4.78 is 0. The van der Waals surface area contributed by atoms with Crippen molar-refractivity contribution in [3.63, 3.8) is 0 Å². The molecule has 2 heterocycles. The molecule has 0 bridgehead atoms. The molecule has 20 heavy (non-hydrogen) atoms. The summed E-state index contributed by atoms with van der Waals surface area (Å²) in [4.78, 5) is 17.9. The highest BCUT2D eigenvalue weighted by atomic mass is 16.3. The average molecular weight is 278 g/mol. The summed E-state index contributed by atoms with van der Waals surface area (Å²) in [6, 6.07) is 4.09. The number of aliphatic hydroxyl groups is 1. The molecule has 1 unspecified atom stereocenters. The van der Waals surface area contributed by atoms with Gasteiger partial charge in [-0.2, -0.15) is 0 Å². The Bertz CT molecular complexity index is 433. The van der Waals surface area contributed by atoms with Gasteiger partial charge in [-0.3, -0.25) is 4.79 Å². The third kappa shape index (κ3) is 3.68. The maximum absolute atomic E-state index is 11.2. The number of hydrogen-bond donors (Lipinski definition) is 3. The second-order valence-corrected chi connectivity index (χ2v) is 5.01. The molecular weight excluding hydrogens is 256 g/mol. The Morgan fingerprint density at radius 1 is 1.50 bits per heavy atom. The maximum Gasteiger partial charge on any atom is 0.238 e. The fourth-order valence-electron chi connectivity index (χ4n) is 2.59. The molecule has 4 N–H and O–H groups in total. The zero-order valence-electron chi connectivity index (χ0n) is 11.6. The molecular formula is C14H22N4O2. The van der Waals surface area contributed by atoms with E-state index in [2.05, 4.69) is 15.2 Å². The van der Waals surface area contributed by atoms with Crippen molar-refractivity contribution in [1.82, 2.24) is 4.98 Å². The van der Waals surface area contributed by atoms with Gasteiger partial charge < -0.3 is 21.1 Å². The number of nitrogens with zero attached hydrogens (tertiary/aromatic N) is 2. The lowest BCUT2D eigenvalue weighted by atomic mass is 9.99. The molecule has 1 amide bonds. The highest BCUT2D eigenvalue weighted by Gasteiger charge is 2.22. The van der Waals surface area contributed by atoms with Gasteiger partial charge in [0, 0.05) is 19.2 Å². The third-order valence-corrected chi connectivity index (χ3v) is 3.60. The smallest absolute Gasteiger partial charge is 0.238 e. The van der Waals surface area contributed by atoms with Gasteiger partial charge in [-0.05, 0) is 37.8 Å². The van der Waals surface area contributed by atoms with Gasteiger partial charge in [-0.15, -0.1) is 0 Å². The number of pyridine rings is 1. The molecule has 2 rings (SSSR count). The minimum absolute atomic E-state index is 0.0353. The van der Waals surface area contributed by atoms with Crippen molar-refractivity contribution >= 4 is 17.4 Å². The average Bonchev–Trinajstić information content (AvgIpc) is 2.49. The van der Waals surface area contributed by atoms with Gasteiger partial charge in [0.2, 0.25) is 5.91 Å². The van der Waals surface area contributed by atoms with E-state index in [4.69, 9.17) is 10.8 Å². The molecule has 1 saturated heterocycles. The van der Waals surface area contributed by atoms with Gasteiger partial charge in [0.25, 0.3) is 0 Å². The van der Waals surface area contributed by atoms with Crippen molar-refractivity contribution in [2.45, 2.75) is 31.7 Å². The van der Waals surface area contributed by atoms with Crippen LogP contribution in [-0.2, 0) is 4.79 Å². The summed E-state index contributed by atoms with van der Waals surface area (Å²) in [5.41, 5.74) is 5.91. The lowest BCUT2D eigenvalue weighted by Crippen LogP contribution is -2.40. The second-order valence-electron chi connectivity index (χ2n) is 5.01. The van der Waals surface area contributed by atoms with Crippen molar-refractivity contribution in [2.75, 3.05) is 29.9 Å². The number of amides is 1. The molecule has 0 aromatic carbocycles. The Hall–Kier alpha value is -1.66. The predicted octanol–water partition coefficient (Wildman–Crippen LogP) is 0.720. The molecule has 1 aliphatic heterocycles. The highest BCUT2D eigenvalue weighted by Crippen LogP contribution is 2.25. The molecule has 0 radical (unpaired) electrons. The van der Waals surface area contributed by atoms with Crippen LogP contribution in [0.15, 0.2) is 18.3 Å². The standard InChI is InChI=1S/C14H22N4O2/c15-9-14(20)17-11-4-5-13(16-10-11)18-7-2-1-3-12(18)6-8-19/h4-5,10,12,19H,1-3,6-9,15H2,(H,17,20). The topological polar surface area (TPSA) is 91.5 Å².